The molecule has 1 amide bonds. The Morgan fingerprint density at radius 2 is 1.88 bits per heavy atom. The van der Waals surface area contributed by atoms with Crippen molar-refractivity contribution in [3.8, 4) is 0 Å². The fourth-order valence-corrected chi connectivity index (χ4v) is 3.20. The van der Waals surface area contributed by atoms with Crippen LogP contribution in [0.3, 0.4) is 0 Å². The Morgan fingerprint density at radius 1 is 1.16 bits per heavy atom. The van der Waals surface area contributed by atoms with Crippen molar-refractivity contribution in [2.24, 2.45) is 0 Å². The number of aromatic nitrogens is 2. The first-order valence-corrected chi connectivity index (χ1v) is 9.16. The van der Waals surface area contributed by atoms with Crippen molar-refractivity contribution in [2.75, 3.05) is 26.2 Å². The van der Waals surface area contributed by atoms with E-state index in [4.69, 9.17) is 4.52 Å². The minimum absolute atomic E-state index is 0.123. The van der Waals surface area contributed by atoms with Gasteiger partial charge in [-0.25, -0.2) is 0 Å². The highest BCUT2D eigenvalue weighted by atomic mass is 16.5. The number of piperazine rings is 1. The standard InChI is InChI=1S/C19H24N4O2/c1-2-14-3-5-16(6-4-14)19(24)23-11-9-22(10-12-23)13-17-20-18(25-21-17)15-7-8-15/h3-6,15H,2,7-13H2,1H3. The lowest BCUT2D eigenvalue weighted by Gasteiger charge is -2.34. The molecule has 2 heterocycles. The predicted molar refractivity (Wildman–Crippen MR) is 93.3 cm³/mol. The first kappa shape index (κ1) is 16.3. The maximum atomic E-state index is 12.6. The van der Waals surface area contributed by atoms with Crippen LogP contribution in [0.4, 0.5) is 0 Å². The quantitative estimate of drug-likeness (QED) is 0.837. The molecular formula is C19H24N4O2. The number of hydrogen-bond donors (Lipinski definition) is 0. The molecule has 132 valence electrons. The molecule has 1 aliphatic heterocycles. The van der Waals surface area contributed by atoms with Crippen molar-refractivity contribution in [1.82, 2.24) is 19.9 Å². The van der Waals surface area contributed by atoms with E-state index in [-0.39, 0.29) is 5.91 Å². The van der Waals surface area contributed by atoms with Gasteiger partial charge in [0, 0.05) is 37.7 Å². The summed E-state index contributed by atoms with van der Waals surface area (Å²) in [6.45, 7) is 5.97. The monoisotopic (exact) mass is 340 g/mol. The smallest absolute Gasteiger partial charge is 0.253 e. The molecule has 25 heavy (non-hydrogen) atoms. The molecule has 1 aromatic carbocycles. The first-order valence-electron chi connectivity index (χ1n) is 9.16. The number of carbonyl (C=O) groups is 1. The van der Waals surface area contributed by atoms with Gasteiger partial charge < -0.3 is 9.42 Å². The number of hydrogen-bond acceptors (Lipinski definition) is 5. The van der Waals surface area contributed by atoms with E-state index in [1.807, 2.05) is 29.2 Å². The van der Waals surface area contributed by atoms with Crippen molar-refractivity contribution in [3.63, 3.8) is 0 Å². The Bertz CT molecular complexity index is 728. The van der Waals surface area contributed by atoms with Crippen molar-refractivity contribution in [1.29, 1.82) is 0 Å². The molecule has 1 saturated heterocycles. The third kappa shape index (κ3) is 3.74. The zero-order valence-electron chi connectivity index (χ0n) is 14.6. The van der Waals surface area contributed by atoms with Gasteiger partial charge in [0.25, 0.3) is 5.91 Å². The van der Waals surface area contributed by atoms with Crippen LogP contribution in [0.1, 0.15) is 53.3 Å². The van der Waals surface area contributed by atoms with Crippen LogP contribution >= 0.6 is 0 Å². The Labute approximate surface area is 147 Å². The van der Waals surface area contributed by atoms with E-state index < -0.39 is 0 Å². The summed E-state index contributed by atoms with van der Waals surface area (Å²) >= 11 is 0. The molecule has 2 fully saturated rings. The second kappa shape index (κ2) is 6.96. The lowest BCUT2D eigenvalue weighted by atomic mass is 10.1. The molecule has 6 heteroatoms. The Balaban J connectivity index is 1.30. The molecule has 0 bridgehead atoms. The summed E-state index contributed by atoms with van der Waals surface area (Å²) in [6.07, 6.45) is 3.33. The second-order valence-corrected chi connectivity index (χ2v) is 6.94. The second-order valence-electron chi connectivity index (χ2n) is 6.94. The number of amides is 1. The van der Waals surface area contributed by atoms with Crippen LogP contribution < -0.4 is 0 Å². The van der Waals surface area contributed by atoms with Crippen molar-refractivity contribution in [3.05, 3.63) is 47.1 Å². The van der Waals surface area contributed by atoms with Gasteiger partial charge in [-0.2, -0.15) is 4.98 Å². The summed E-state index contributed by atoms with van der Waals surface area (Å²) in [5, 5.41) is 4.08. The van der Waals surface area contributed by atoms with E-state index in [0.717, 1.165) is 49.9 Å². The van der Waals surface area contributed by atoms with E-state index in [1.165, 1.54) is 18.4 Å². The highest BCUT2D eigenvalue weighted by Crippen LogP contribution is 2.38. The SMILES string of the molecule is CCc1ccc(C(=O)N2CCN(Cc3noc(C4CC4)n3)CC2)cc1. The number of nitrogens with zero attached hydrogens (tertiary/aromatic N) is 4. The van der Waals surface area contributed by atoms with E-state index in [2.05, 4.69) is 22.0 Å². The van der Waals surface area contributed by atoms with Gasteiger partial charge in [-0.1, -0.05) is 24.2 Å². The summed E-state index contributed by atoms with van der Waals surface area (Å²) < 4.78 is 5.31. The Hall–Kier alpha value is -2.21. The van der Waals surface area contributed by atoms with Crippen LogP contribution in [0.2, 0.25) is 0 Å². The molecule has 0 atom stereocenters. The van der Waals surface area contributed by atoms with Crippen LogP contribution in [-0.2, 0) is 13.0 Å². The maximum Gasteiger partial charge on any atom is 0.253 e. The van der Waals surface area contributed by atoms with Gasteiger partial charge in [-0.3, -0.25) is 9.69 Å². The van der Waals surface area contributed by atoms with Crippen LogP contribution in [0.15, 0.2) is 28.8 Å². The van der Waals surface area contributed by atoms with E-state index in [9.17, 15) is 4.79 Å². The molecule has 0 unspecified atom stereocenters. The summed E-state index contributed by atoms with van der Waals surface area (Å²) in [4.78, 5) is 21.3. The Kier molecular flexibility index (Phi) is 4.53. The number of rotatable bonds is 5. The normalized spacial score (nSPS) is 18.5. The van der Waals surface area contributed by atoms with Gasteiger partial charge >= 0.3 is 0 Å². The van der Waals surface area contributed by atoms with Gasteiger partial charge in [0.05, 0.1) is 6.54 Å². The lowest BCUT2D eigenvalue weighted by molar-refractivity contribution is 0.0624. The largest absolute Gasteiger partial charge is 0.339 e. The minimum Gasteiger partial charge on any atom is -0.339 e. The molecule has 0 radical (unpaired) electrons. The third-order valence-corrected chi connectivity index (χ3v) is 5.04. The van der Waals surface area contributed by atoms with Crippen LogP contribution in [0.5, 0.6) is 0 Å². The van der Waals surface area contributed by atoms with E-state index in [0.29, 0.717) is 12.5 Å². The minimum atomic E-state index is 0.123. The summed E-state index contributed by atoms with van der Waals surface area (Å²) in [7, 11) is 0. The summed E-state index contributed by atoms with van der Waals surface area (Å²) in [6, 6.07) is 7.95. The zero-order valence-corrected chi connectivity index (χ0v) is 14.6. The third-order valence-electron chi connectivity index (χ3n) is 5.04. The van der Waals surface area contributed by atoms with E-state index >= 15 is 0 Å². The average Bonchev–Trinajstić information content (AvgIpc) is 3.41. The molecule has 1 saturated carbocycles. The van der Waals surface area contributed by atoms with Gasteiger partial charge in [0.2, 0.25) is 5.89 Å². The van der Waals surface area contributed by atoms with E-state index in [1.54, 1.807) is 0 Å². The van der Waals surface area contributed by atoms with Gasteiger partial charge in [-0.05, 0) is 37.0 Å². The predicted octanol–water partition coefficient (Wildman–Crippen LogP) is 2.47. The number of aryl methyl sites for hydroxylation is 1. The van der Waals surface area contributed by atoms with Crippen LogP contribution in [0.25, 0.3) is 0 Å². The summed E-state index contributed by atoms with van der Waals surface area (Å²) in [5.74, 6) is 2.17. The van der Waals surface area contributed by atoms with Gasteiger partial charge in [0.1, 0.15) is 0 Å². The fraction of sp³-hybridized carbons (Fsp3) is 0.526. The highest BCUT2D eigenvalue weighted by molar-refractivity contribution is 5.94. The molecule has 1 aliphatic carbocycles. The molecule has 6 nitrogen and oxygen atoms in total. The van der Waals surface area contributed by atoms with Crippen molar-refractivity contribution < 1.29 is 9.32 Å². The molecule has 0 spiro atoms. The van der Waals surface area contributed by atoms with Crippen molar-refractivity contribution in [2.45, 2.75) is 38.6 Å². The number of carbonyl (C=O) groups excluding carboxylic acids is 1. The molecule has 1 aromatic heterocycles. The molecule has 2 aromatic rings. The molecule has 4 rings (SSSR count). The zero-order chi connectivity index (χ0) is 17.2. The topological polar surface area (TPSA) is 62.5 Å². The molecular weight excluding hydrogens is 316 g/mol. The molecule has 0 N–H and O–H groups in total. The average molecular weight is 340 g/mol. The molecule has 2 aliphatic rings. The van der Waals surface area contributed by atoms with Crippen LogP contribution in [0, 0.1) is 0 Å². The highest BCUT2D eigenvalue weighted by Gasteiger charge is 2.30. The lowest BCUT2D eigenvalue weighted by Crippen LogP contribution is -2.48. The number of benzene rings is 1. The first-order chi connectivity index (χ1) is 12.2. The van der Waals surface area contributed by atoms with Gasteiger partial charge in [0.15, 0.2) is 5.82 Å². The Morgan fingerprint density at radius 3 is 2.52 bits per heavy atom. The van der Waals surface area contributed by atoms with Crippen LogP contribution in [-0.4, -0.2) is 52.0 Å². The summed E-state index contributed by atoms with van der Waals surface area (Å²) in [5.41, 5.74) is 2.03. The maximum absolute atomic E-state index is 12.6. The van der Waals surface area contributed by atoms with Gasteiger partial charge in [-0.15, -0.1) is 0 Å². The van der Waals surface area contributed by atoms with Crippen molar-refractivity contribution >= 4 is 5.91 Å². The fourth-order valence-electron chi connectivity index (χ4n) is 3.20.